The lowest BCUT2D eigenvalue weighted by Crippen LogP contribution is -2.21. The molecule has 0 radical (unpaired) electrons. The van der Waals surface area contributed by atoms with Crippen molar-refractivity contribution in [2.24, 2.45) is 0 Å². The second kappa shape index (κ2) is 4.09. The van der Waals surface area contributed by atoms with Gasteiger partial charge >= 0.3 is 0 Å². The molecule has 0 bridgehead atoms. The summed E-state index contributed by atoms with van der Waals surface area (Å²) in [7, 11) is 0. The van der Waals surface area contributed by atoms with E-state index in [1.807, 2.05) is 12.1 Å². The molecule has 1 aliphatic heterocycles. The molecule has 2 N–H and O–H groups in total. The van der Waals surface area contributed by atoms with Gasteiger partial charge in [-0.2, -0.15) is 0 Å². The van der Waals surface area contributed by atoms with Crippen LogP contribution >= 0.6 is 0 Å². The second-order valence-corrected chi connectivity index (χ2v) is 4.34. The first-order valence-electron chi connectivity index (χ1n) is 5.87. The van der Waals surface area contributed by atoms with Gasteiger partial charge in [0.2, 0.25) is 0 Å². The Morgan fingerprint density at radius 2 is 2.06 bits per heavy atom. The van der Waals surface area contributed by atoms with Crippen molar-refractivity contribution in [2.45, 2.75) is 13.0 Å². The molecule has 0 aliphatic carbocycles. The van der Waals surface area contributed by atoms with E-state index in [4.69, 9.17) is 5.73 Å². The average molecular weight is 225 g/mol. The van der Waals surface area contributed by atoms with Gasteiger partial charge < -0.3 is 10.6 Å². The normalized spacial score (nSPS) is 13.8. The lowest BCUT2D eigenvalue weighted by atomic mass is 10.2. The molecular formula is C14H15N3. The Balaban J connectivity index is 1.87. The molecule has 1 aromatic heterocycles. The summed E-state index contributed by atoms with van der Waals surface area (Å²) in [6.45, 7) is 1.85. The molecule has 1 aliphatic rings. The highest BCUT2D eigenvalue weighted by Gasteiger charge is 2.19. The maximum absolute atomic E-state index is 5.93. The molecule has 2 heterocycles. The third-order valence-electron chi connectivity index (χ3n) is 3.25. The smallest absolute Gasteiger partial charge is 0.0825 e. The van der Waals surface area contributed by atoms with Crippen molar-refractivity contribution < 1.29 is 0 Å². The molecule has 3 heteroatoms. The summed E-state index contributed by atoms with van der Waals surface area (Å²) < 4.78 is 0. The van der Waals surface area contributed by atoms with Crippen LogP contribution in [0.1, 0.15) is 11.3 Å². The fraction of sp³-hybridized carbons (Fsp3) is 0.214. The maximum atomic E-state index is 5.93. The number of pyridine rings is 1. The first kappa shape index (κ1) is 10.1. The van der Waals surface area contributed by atoms with E-state index in [2.05, 4.69) is 34.1 Å². The molecule has 0 saturated carbocycles. The Hall–Kier alpha value is -2.03. The van der Waals surface area contributed by atoms with Gasteiger partial charge in [-0.3, -0.25) is 4.98 Å². The zero-order valence-electron chi connectivity index (χ0n) is 9.63. The van der Waals surface area contributed by atoms with Crippen LogP contribution in [0.25, 0.3) is 0 Å². The quantitative estimate of drug-likeness (QED) is 0.852. The minimum Gasteiger partial charge on any atom is -0.397 e. The van der Waals surface area contributed by atoms with E-state index in [1.54, 1.807) is 6.20 Å². The standard InChI is InChI=1S/C14H15N3/c15-12-5-3-8-16-13(12)10-17-9-7-11-4-1-2-6-14(11)17/h1-6,8H,7,9-10,15H2. The lowest BCUT2D eigenvalue weighted by molar-refractivity contribution is 0.817. The molecule has 86 valence electrons. The zero-order valence-corrected chi connectivity index (χ0v) is 9.63. The van der Waals surface area contributed by atoms with E-state index < -0.39 is 0 Å². The topological polar surface area (TPSA) is 42.1 Å². The van der Waals surface area contributed by atoms with E-state index in [0.717, 1.165) is 30.9 Å². The Kier molecular flexibility index (Phi) is 2.44. The number of hydrogen-bond donors (Lipinski definition) is 1. The van der Waals surface area contributed by atoms with E-state index in [1.165, 1.54) is 11.3 Å². The van der Waals surface area contributed by atoms with Crippen LogP contribution in [0.5, 0.6) is 0 Å². The molecule has 0 atom stereocenters. The summed E-state index contributed by atoms with van der Waals surface area (Å²) in [4.78, 5) is 6.69. The highest BCUT2D eigenvalue weighted by Crippen LogP contribution is 2.29. The minimum absolute atomic E-state index is 0.775. The van der Waals surface area contributed by atoms with Crippen molar-refractivity contribution in [3.05, 3.63) is 53.9 Å². The summed E-state index contributed by atoms with van der Waals surface area (Å²) in [5.41, 5.74) is 10.4. The van der Waals surface area contributed by atoms with Gasteiger partial charge in [0.05, 0.1) is 17.9 Å². The number of para-hydroxylation sites is 1. The van der Waals surface area contributed by atoms with Crippen molar-refractivity contribution >= 4 is 11.4 Å². The summed E-state index contributed by atoms with van der Waals surface area (Å²) in [6, 6.07) is 12.3. The van der Waals surface area contributed by atoms with Crippen LogP contribution in [0.4, 0.5) is 11.4 Å². The zero-order chi connectivity index (χ0) is 11.7. The highest BCUT2D eigenvalue weighted by atomic mass is 15.2. The third-order valence-corrected chi connectivity index (χ3v) is 3.25. The Morgan fingerprint density at radius 3 is 2.94 bits per heavy atom. The molecule has 1 aromatic carbocycles. The highest BCUT2D eigenvalue weighted by molar-refractivity contribution is 5.58. The van der Waals surface area contributed by atoms with Crippen LogP contribution < -0.4 is 10.6 Å². The molecule has 0 saturated heterocycles. The van der Waals surface area contributed by atoms with Crippen LogP contribution in [-0.4, -0.2) is 11.5 Å². The molecule has 0 spiro atoms. The first-order chi connectivity index (χ1) is 8.34. The summed E-state index contributed by atoms with van der Waals surface area (Å²) in [5.74, 6) is 0. The molecule has 2 aromatic rings. The number of rotatable bonds is 2. The van der Waals surface area contributed by atoms with Gasteiger partial charge in [0.1, 0.15) is 0 Å². The fourth-order valence-corrected chi connectivity index (χ4v) is 2.33. The van der Waals surface area contributed by atoms with Gasteiger partial charge in [-0.05, 0) is 30.2 Å². The Labute approximate surface area is 101 Å². The number of benzene rings is 1. The van der Waals surface area contributed by atoms with Gasteiger partial charge in [-0.15, -0.1) is 0 Å². The lowest BCUT2D eigenvalue weighted by Gasteiger charge is -2.19. The number of nitrogens with two attached hydrogens (primary N) is 1. The van der Waals surface area contributed by atoms with E-state index >= 15 is 0 Å². The van der Waals surface area contributed by atoms with Gasteiger partial charge in [0, 0.05) is 18.4 Å². The SMILES string of the molecule is Nc1cccnc1CN1CCc2ccccc21. The van der Waals surface area contributed by atoms with Gasteiger partial charge in [-0.25, -0.2) is 0 Å². The fourth-order valence-electron chi connectivity index (χ4n) is 2.33. The Morgan fingerprint density at radius 1 is 1.18 bits per heavy atom. The number of fused-ring (bicyclic) bond motifs is 1. The third kappa shape index (κ3) is 1.84. The summed E-state index contributed by atoms with van der Waals surface area (Å²) in [6.07, 6.45) is 2.91. The van der Waals surface area contributed by atoms with Gasteiger partial charge in [-0.1, -0.05) is 18.2 Å². The van der Waals surface area contributed by atoms with E-state index in [0.29, 0.717) is 0 Å². The molecule has 0 unspecified atom stereocenters. The predicted octanol–water partition coefficient (Wildman–Crippen LogP) is 2.23. The number of anilines is 2. The van der Waals surface area contributed by atoms with Crippen LogP contribution in [0.15, 0.2) is 42.6 Å². The number of nitrogens with zero attached hydrogens (tertiary/aromatic N) is 2. The van der Waals surface area contributed by atoms with Crippen LogP contribution in [0.3, 0.4) is 0 Å². The van der Waals surface area contributed by atoms with Crippen molar-refractivity contribution in [2.75, 3.05) is 17.2 Å². The van der Waals surface area contributed by atoms with E-state index in [-0.39, 0.29) is 0 Å². The number of hydrogen-bond acceptors (Lipinski definition) is 3. The predicted molar refractivity (Wildman–Crippen MR) is 69.8 cm³/mol. The van der Waals surface area contributed by atoms with E-state index in [9.17, 15) is 0 Å². The molecule has 3 nitrogen and oxygen atoms in total. The molecule has 0 amide bonds. The molecule has 0 fully saturated rings. The van der Waals surface area contributed by atoms with Crippen molar-refractivity contribution in [3.63, 3.8) is 0 Å². The van der Waals surface area contributed by atoms with Gasteiger partial charge in [0.25, 0.3) is 0 Å². The minimum atomic E-state index is 0.775. The van der Waals surface area contributed by atoms with Crippen molar-refractivity contribution in [3.8, 4) is 0 Å². The van der Waals surface area contributed by atoms with Crippen molar-refractivity contribution in [1.29, 1.82) is 0 Å². The average Bonchev–Trinajstić information content (AvgIpc) is 2.76. The van der Waals surface area contributed by atoms with Crippen LogP contribution in [0, 0.1) is 0 Å². The van der Waals surface area contributed by atoms with Crippen molar-refractivity contribution in [1.82, 2.24) is 4.98 Å². The van der Waals surface area contributed by atoms with Gasteiger partial charge in [0.15, 0.2) is 0 Å². The summed E-state index contributed by atoms with van der Waals surface area (Å²) >= 11 is 0. The largest absolute Gasteiger partial charge is 0.397 e. The number of nitrogen functional groups attached to an aromatic ring is 1. The summed E-state index contributed by atoms with van der Waals surface area (Å²) in [5, 5.41) is 0. The maximum Gasteiger partial charge on any atom is 0.0825 e. The number of aromatic nitrogens is 1. The first-order valence-corrected chi connectivity index (χ1v) is 5.87. The van der Waals surface area contributed by atoms with Crippen LogP contribution in [-0.2, 0) is 13.0 Å². The monoisotopic (exact) mass is 225 g/mol. The molecular weight excluding hydrogens is 210 g/mol. The molecule has 17 heavy (non-hydrogen) atoms. The van der Waals surface area contributed by atoms with Crippen LogP contribution in [0.2, 0.25) is 0 Å². The Bertz CT molecular complexity index is 536. The molecule has 3 rings (SSSR count). The second-order valence-electron chi connectivity index (χ2n) is 4.34.